The third-order valence-electron chi connectivity index (χ3n) is 4.70. The number of esters is 1. The number of aromatic nitrogens is 1. The molecule has 158 valence electrons. The van der Waals surface area contributed by atoms with Gasteiger partial charge in [-0.15, -0.1) is 11.3 Å². The summed E-state index contributed by atoms with van der Waals surface area (Å²) in [5, 5.41) is 17.9. The number of aliphatic imine (C=N–C) groups is 1. The largest absolute Gasteiger partial charge is 0.460 e. The van der Waals surface area contributed by atoms with E-state index in [-0.39, 0.29) is 18.1 Å². The van der Waals surface area contributed by atoms with E-state index in [0.29, 0.717) is 5.71 Å². The molecule has 2 N–H and O–H groups in total. The minimum absolute atomic E-state index is 0.0728. The fraction of sp³-hybridized carbons (Fsp3) is 0.409. The van der Waals surface area contributed by atoms with Crippen molar-refractivity contribution < 1.29 is 9.53 Å². The van der Waals surface area contributed by atoms with Gasteiger partial charge in [-0.2, -0.15) is 0 Å². The van der Waals surface area contributed by atoms with E-state index >= 15 is 0 Å². The van der Waals surface area contributed by atoms with E-state index in [1.54, 1.807) is 24.2 Å². The van der Waals surface area contributed by atoms with E-state index in [9.17, 15) is 4.79 Å². The normalized spacial score (nSPS) is 16.6. The Balaban J connectivity index is 2.18. The minimum Gasteiger partial charge on any atom is -0.460 e. The highest BCUT2D eigenvalue weighted by atomic mass is 32.1. The van der Waals surface area contributed by atoms with E-state index in [2.05, 4.69) is 4.98 Å². The van der Waals surface area contributed by atoms with Gasteiger partial charge >= 0.3 is 5.97 Å². The Morgan fingerprint density at radius 1 is 1.33 bits per heavy atom. The number of aryl methyl sites for hydroxylation is 1. The molecule has 7 nitrogen and oxygen atoms in total. The molecule has 1 atom stereocenters. The van der Waals surface area contributed by atoms with E-state index in [4.69, 9.17) is 20.5 Å². The first kappa shape index (κ1) is 21.8. The Morgan fingerprint density at radius 2 is 2.03 bits per heavy atom. The zero-order chi connectivity index (χ0) is 22.2. The summed E-state index contributed by atoms with van der Waals surface area (Å²) < 4.78 is 5.48. The van der Waals surface area contributed by atoms with Gasteiger partial charge in [-0.05, 0) is 59.2 Å². The third-order valence-corrected chi connectivity index (χ3v) is 5.89. The van der Waals surface area contributed by atoms with Gasteiger partial charge in [0.15, 0.2) is 0 Å². The van der Waals surface area contributed by atoms with E-state index < -0.39 is 17.6 Å². The highest BCUT2D eigenvalue weighted by Gasteiger charge is 2.35. The lowest BCUT2D eigenvalue weighted by molar-refractivity contribution is -0.154. The van der Waals surface area contributed by atoms with Crippen molar-refractivity contribution in [1.29, 1.82) is 10.8 Å². The molecular weight excluding hydrogens is 398 g/mol. The smallest absolute Gasteiger partial charge is 0.308 e. The maximum atomic E-state index is 12.6. The standard InChI is InChI=1S/C22H27N5O2S/c1-12-13(2)30-21-18(12)19(15-8-7-9-25-11-15)26-16(20(24)27(21)14(3)23)10-17(28)29-22(4,5)6/h7-9,11,16,23-24H,10H2,1-6H3. The van der Waals surface area contributed by atoms with Crippen molar-refractivity contribution in [2.24, 2.45) is 4.99 Å². The molecule has 0 spiro atoms. The lowest BCUT2D eigenvalue weighted by atomic mass is 10.0. The molecule has 0 saturated carbocycles. The second-order valence-corrected chi connectivity index (χ2v) is 9.50. The molecule has 0 amide bonds. The molecule has 3 rings (SSSR count). The van der Waals surface area contributed by atoms with Gasteiger partial charge in [-0.3, -0.25) is 30.5 Å². The van der Waals surface area contributed by atoms with Crippen LogP contribution in [0.5, 0.6) is 0 Å². The van der Waals surface area contributed by atoms with Gasteiger partial charge in [0.1, 0.15) is 28.3 Å². The zero-order valence-corrected chi connectivity index (χ0v) is 19.0. The number of anilines is 1. The maximum Gasteiger partial charge on any atom is 0.308 e. The number of hydrogen-bond donors (Lipinski definition) is 2. The predicted octanol–water partition coefficient (Wildman–Crippen LogP) is 4.49. The van der Waals surface area contributed by atoms with Crippen LogP contribution in [-0.2, 0) is 9.53 Å². The van der Waals surface area contributed by atoms with Gasteiger partial charge in [0.25, 0.3) is 0 Å². The summed E-state index contributed by atoms with van der Waals surface area (Å²) in [5.74, 6) is -0.124. The molecular formula is C22H27N5O2S. The van der Waals surface area contributed by atoms with E-state index in [0.717, 1.165) is 26.6 Å². The summed E-state index contributed by atoms with van der Waals surface area (Å²) in [4.78, 5) is 24.3. The first-order chi connectivity index (χ1) is 14.0. The quantitative estimate of drug-likeness (QED) is 0.429. The van der Waals surface area contributed by atoms with Crippen LogP contribution in [0.2, 0.25) is 0 Å². The molecule has 0 fully saturated rings. The zero-order valence-electron chi connectivity index (χ0n) is 18.2. The van der Waals surface area contributed by atoms with Crippen molar-refractivity contribution >= 4 is 39.7 Å². The fourth-order valence-corrected chi connectivity index (χ4v) is 4.55. The van der Waals surface area contributed by atoms with Crippen molar-refractivity contribution in [2.75, 3.05) is 4.90 Å². The average Bonchev–Trinajstić information content (AvgIpc) is 2.85. The van der Waals surface area contributed by atoms with Gasteiger partial charge in [0.05, 0.1) is 12.1 Å². The molecule has 2 aromatic heterocycles. The highest BCUT2D eigenvalue weighted by molar-refractivity contribution is 7.17. The summed E-state index contributed by atoms with van der Waals surface area (Å²) in [6.45, 7) is 11.1. The van der Waals surface area contributed by atoms with Crippen molar-refractivity contribution in [3.8, 4) is 0 Å². The Kier molecular flexibility index (Phi) is 5.90. The fourth-order valence-electron chi connectivity index (χ4n) is 3.32. The molecule has 1 aliphatic rings. The van der Waals surface area contributed by atoms with Crippen molar-refractivity contribution in [1.82, 2.24) is 4.98 Å². The second kappa shape index (κ2) is 8.10. The number of thiophene rings is 1. The third kappa shape index (κ3) is 4.33. The Labute approximate surface area is 180 Å². The summed E-state index contributed by atoms with van der Waals surface area (Å²) in [5.41, 5.74) is 2.81. The molecule has 0 aliphatic carbocycles. The number of amidine groups is 2. The van der Waals surface area contributed by atoms with Gasteiger partial charge in [-0.1, -0.05) is 0 Å². The molecule has 3 heterocycles. The van der Waals surface area contributed by atoms with Gasteiger partial charge in [0.2, 0.25) is 0 Å². The molecule has 0 bridgehead atoms. The summed E-state index contributed by atoms with van der Waals surface area (Å²) in [6, 6.07) is 2.99. The number of fused-ring (bicyclic) bond motifs is 1. The van der Waals surface area contributed by atoms with E-state index in [1.165, 1.54) is 11.3 Å². The number of pyridine rings is 1. The topological polar surface area (TPSA) is 102 Å². The lowest BCUT2D eigenvalue weighted by Crippen LogP contribution is -2.41. The Bertz CT molecular complexity index is 1030. The number of hydrogen-bond acceptors (Lipinski definition) is 7. The van der Waals surface area contributed by atoms with Crippen LogP contribution in [0.4, 0.5) is 5.00 Å². The van der Waals surface area contributed by atoms with Crippen LogP contribution in [0.15, 0.2) is 29.5 Å². The summed E-state index contributed by atoms with van der Waals surface area (Å²) >= 11 is 1.53. The van der Waals surface area contributed by atoms with Crippen molar-refractivity contribution in [2.45, 2.75) is 59.6 Å². The lowest BCUT2D eigenvalue weighted by Gasteiger charge is -2.25. The van der Waals surface area contributed by atoms with Crippen LogP contribution in [0.25, 0.3) is 0 Å². The maximum absolute atomic E-state index is 12.6. The number of nitrogens with one attached hydrogen (secondary N) is 2. The number of nitrogens with zero attached hydrogens (tertiary/aromatic N) is 3. The van der Waals surface area contributed by atoms with Crippen molar-refractivity contribution in [3.63, 3.8) is 0 Å². The molecule has 0 saturated heterocycles. The van der Waals surface area contributed by atoms with Crippen molar-refractivity contribution in [3.05, 3.63) is 46.1 Å². The van der Waals surface area contributed by atoms with Crippen LogP contribution < -0.4 is 4.90 Å². The Morgan fingerprint density at radius 3 is 2.60 bits per heavy atom. The molecule has 0 radical (unpaired) electrons. The Hall–Kier alpha value is -2.87. The second-order valence-electron chi connectivity index (χ2n) is 8.30. The summed E-state index contributed by atoms with van der Waals surface area (Å²) in [6.07, 6.45) is 3.36. The predicted molar refractivity (Wildman–Crippen MR) is 122 cm³/mol. The van der Waals surface area contributed by atoms with Gasteiger partial charge < -0.3 is 4.74 Å². The number of rotatable bonds is 3. The molecule has 1 aliphatic heterocycles. The van der Waals surface area contributed by atoms with E-state index in [1.807, 2.05) is 46.8 Å². The van der Waals surface area contributed by atoms with Gasteiger partial charge in [0, 0.05) is 28.4 Å². The first-order valence-electron chi connectivity index (χ1n) is 9.73. The number of carbonyl (C=O) groups is 1. The molecule has 8 heteroatoms. The monoisotopic (exact) mass is 425 g/mol. The van der Waals surface area contributed by atoms with Crippen LogP contribution in [0, 0.1) is 24.7 Å². The van der Waals surface area contributed by atoms with Crippen LogP contribution in [-0.4, -0.2) is 40.0 Å². The molecule has 30 heavy (non-hydrogen) atoms. The molecule has 0 aromatic carbocycles. The molecule has 1 unspecified atom stereocenters. The SMILES string of the molecule is CC(=N)N1C(=N)C(CC(=O)OC(C)(C)C)N=C(c2cccnc2)c2c1sc(C)c2C. The van der Waals surface area contributed by atoms with Crippen LogP contribution in [0.3, 0.4) is 0 Å². The average molecular weight is 426 g/mol. The summed E-state index contributed by atoms with van der Waals surface area (Å²) in [7, 11) is 0. The number of ether oxygens (including phenoxy) is 1. The van der Waals surface area contributed by atoms with Crippen LogP contribution >= 0.6 is 11.3 Å². The van der Waals surface area contributed by atoms with Crippen LogP contribution in [0.1, 0.15) is 55.7 Å². The van der Waals surface area contributed by atoms with Gasteiger partial charge in [-0.25, -0.2) is 0 Å². The molecule has 2 aromatic rings. The highest BCUT2D eigenvalue weighted by Crippen LogP contribution is 2.40. The first-order valence-corrected chi connectivity index (χ1v) is 10.6. The minimum atomic E-state index is -0.769. The number of carbonyl (C=O) groups excluding carboxylic acids is 1.